The van der Waals surface area contributed by atoms with E-state index in [9.17, 15) is 0 Å². The Hall–Kier alpha value is 0.580. The second-order valence-corrected chi connectivity index (χ2v) is 11.2. The highest BCUT2D eigenvalue weighted by atomic mass is 33.1. The summed E-state index contributed by atoms with van der Waals surface area (Å²) in [6, 6.07) is 0.863. The van der Waals surface area contributed by atoms with Crippen molar-refractivity contribution in [3.05, 3.63) is 0 Å². The van der Waals surface area contributed by atoms with E-state index in [0.717, 1.165) is 17.4 Å². The molecule has 2 aliphatic carbocycles. The molecular weight excluding hydrogens is 346 g/mol. The molecule has 0 radical (unpaired) electrons. The molecule has 0 aromatic rings. The third-order valence-electron chi connectivity index (χ3n) is 7.40. The summed E-state index contributed by atoms with van der Waals surface area (Å²) in [5.74, 6) is 0.870. The summed E-state index contributed by atoms with van der Waals surface area (Å²) in [6.07, 6.45) is 10.3. The molecule has 0 aromatic heterocycles. The summed E-state index contributed by atoms with van der Waals surface area (Å²) in [5, 5.41) is 0. The Kier molecular flexibility index (Phi) is 5.71. The van der Waals surface area contributed by atoms with Crippen molar-refractivity contribution in [3.63, 3.8) is 0 Å². The number of piperazine rings is 1. The van der Waals surface area contributed by atoms with E-state index in [4.69, 9.17) is 0 Å². The lowest BCUT2D eigenvalue weighted by Gasteiger charge is -2.55. The van der Waals surface area contributed by atoms with Crippen molar-refractivity contribution in [1.29, 1.82) is 0 Å². The number of thiol groups is 1. The van der Waals surface area contributed by atoms with Gasteiger partial charge in [-0.05, 0) is 72.7 Å². The van der Waals surface area contributed by atoms with Crippen LogP contribution in [0.3, 0.4) is 0 Å². The molecule has 5 heteroatoms. The first-order valence-corrected chi connectivity index (χ1v) is 12.4. The van der Waals surface area contributed by atoms with E-state index in [1.165, 1.54) is 90.8 Å². The maximum atomic E-state index is 4.34. The van der Waals surface area contributed by atoms with Crippen LogP contribution in [0.1, 0.15) is 58.8 Å². The fourth-order valence-corrected chi connectivity index (χ4v) is 6.82. The molecule has 2 saturated heterocycles. The molecule has 4 aliphatic rings. The molecule has 4 fully saturated rings. The fourth-order valence-electron chi connectivity index (χ4n) is 6.00. The summed E-state index contributed by atoms with van der Waals surface area (Å²) >= 11 is 4.34. The zero-order valence-electron chi connectivity index (χ0n) is 16.3. The molecule has 25 heavy (non-hydrogen) atoms. The van der Waals surface area contributed by atoms with Gasteiger partial charge < -0.3 is 4.90 Å². The van der Waals surface area contributed by atoms with Crippen molar-refractivity contribution in [3.8, 4) is 0 Å². The van der Waals surface area contributed by atoms with Crippen molar-refractivity contribution in [2.75, 3.05) is 45.8 Å². The van der Waals surface area contributed by atoms with Crippen LogP contribution in [-0.4, -0.2) is 66.0 Å². The largest absolute Gasteiger partial charge is 0.302 e. The lowest BCUT2D eigenvalue weighted by molar-refractivity contribution is -0.0573. The number of likely N-dealkylation sites (tertiary alicyclic amines) is 1. The van der Waals surface area contributed by atoms with Crippen molar-refractivity contribution >= 4 is 22.6 Å². The monoisotopic (exact) mass is 383 g/mol. The molecular formula is C20H37N3S2. The first-order chi connectivity index (χ1) is 12.0. The number of hydrogen-bond acceptors (Lipinski definition) is 5. The SMILES string of the molecule is CC(C)CC1(CN2CC3(CCC(N4CCN(SS)CC4)CC3)C2)CC1. The van der Waals surface area contributed by atoms with Gasteiger partial charge in [0.15, 0.2) is 0 Å². The number of nitrogens with zero attached hydrogens (tertiary/aromatic N) is 3. The highest BCUT2D eigenvalue weighted by molar-refractivity contribution is 8.67. The van der Waals surface area contributed by atoms with Gasteiger partial charge in [0, 0.05) is 51.9 Å². The van der Waals surface area contributed by atoms with Gasteiger partial charge in [-0.15, -0.1) is 0 Å². The zero-order chi connectivity index (χ0) is 17.5. The van der Waals surface area contributed by atoms with Gasteiger partial charge >= 0.3 is 0 Å². The molecule has 4 rings (SSSR count). The van der Waals surface area contributed by atoms with Crippen LogP contribution in [0.25, 0.3) is 0 Å². The minimum absolute atomic E-state index is 0.702. The standard InChI is InChI=1S/C20H37N3S2/c1-17(2)13-19(7-8-19)14-21-15-20(16-21)5-3-18(4-6-20)22-9-11-23(25-24)12-10-22/h17-18,24H,3-16H2,1-2H3. The molecule has 144 valence electrons. The Labute approximate surface area is 164 Å². The van der Waals surface area contributed by atoms with E-state index in [1.807, 2.05) is 0 Å². The van der Waals surface area contributed by atoms with Crippen LogP contribution in [0.5, 0.6) is 0 Å². The number of hydrogen-bond donors (Lipinski definition) is 1. The number of rotatable bonds is 6. The van der Waals surface area contributed by atoms with Crippen LogP contribution < -0.4 is 0 Å². The van der Waals surface area contributed by atoms with Crippen LogP contribution in [0.15, 0.2) is 0 Å². The molecule has 0 atom stereocenters. The van der Waals surface area contributed by atoms with Gasteiger partial charge in [0.25, 0.3) is 0 Å². The maximum absolute atomic E-state index is 4.34. The van der Waals surface area contributed by atoms with Crippen molar-refractivity contribution in [2.45, 2.75) is 64.8 Å². The molecule has 1 spiro atoms. The fraction of sp³-hybridized carbons (Fsp3) is 1.00. The summed E-state index contributed by atoms with van der Waals surface area (Å²) in [4.78, 5) is 5.57. The molecule has 0 unspecified atom stereocenters. The highest BCUT2D eigenvalue weighted by Crippen LogP contribution is 2.54. The van der Waals surface area contributed by atoms with E-state index in [-0.39, 0.29) is 0 Å². The van der Waals surface area contributed by atoms with E-state index >= 15 is 0 Å². The van der Waals surface area contributed by atoms with E-state index in [0.29, 0.717) is 5.41 Å². The molecule has 3 nitrogen and oxygen atoms in total. The van der Waals surface area contributed by atoms with Crippen molar-refractivity contribution < 1.29 is 0 Å². The Balaban J connectivity index is 1.19. The molecule has 0 amide bonds. The third-order valence-corrected chi connectivity index (χ3v) is 8.69. The predicted octanol–water partition coefficient (Wildman–Crippen LogP) is 4.17. The first kappa shape index (κ1) is 18.9. The van der Waals surface area contributed by atoms with Gasteiger partial charge in [0.05, 0.1) is 0 Å². The summed E-state index contributed by atoms with van der Waals surface area (Å²) in [5.41, 5.74) is 1.42. The smallest absolute Gasteiger partial charge is 0.0226 e. The van der Waals surface area contributed by atoms with Crippen LogP contribution in [-0.2, 0) is 0 Å². The Morgan fingerprint density at radius 3 is 2.16 bits per heavy atom. The second-order valence-electron chi connectivity index (χ2n) is 10.0. The Bertz CT molecular complexity index is 442. The quantitative estimate of drug-likeness (QED) is 0.419. The molecule has 0 aromatic carbocycles. The van der Waals surface area contributed by atoms with Gasteiger partial charge in [-0.2, -0.15) is 0 Å². The molecule has 2 saturated carbocycles. The molecule has 0 bridgehead atoms. The minimum atomic E-state index is 0.702. The van der Waals surface area contributed by atoms with Crippen molar-refractivity contribution in [2.24, 2.45) is 16.7 Å². The van der Waals surface area contributed by atoms with E-state index < -0.39 is 0 Å². The summed E-state index contributed by atoms with van der Waals surface area (Å²) in [7, 11) is 1.62. The second kappa shape index (κ2) is 7.54. The average molecular weight is 384 g/mol. The highest BCUT2D eigenvalue weighted by Gasteiger charge is 2.51. The summed E-state index contributed by atoms with van der Waals surface area (Å²) in [6.45, 7) is 13.9. The van der Waals surface area contributed by atoms with Gasteiger partial charge in [-0.1, -0.05) is 25.5 Å². The topological polar surface area (TPSA) is 9.72 Å². The lowest BCUT2D eigenvalue weighted by Crippen LogP contribution is -2.60. The lowest BCUT2D eigenvalue weighted by atomic mass is 9.67. The first-order valence-electron chi connectivity index (χ1n) is 10.5. The summed E-state index contributed by atoms with van der Waals surface area (Å²) < 4.78 is 2.39. The zero-order valence-corrected chi connectivity index (χ0v) is 18.0. The normalized spacial score (nSPS) is 30.7. The van der Waals surface area contributed by atoms with Gasteiger partial charge in [-0.25, -0.2) is 4.31 Å². The van der Waals surface area contributed by atoms with E-state index in [1.54, 1.807) is 11.0 Å². The Morgan fingerprint density at radius 2 is 1.64 bits per heavy atom. The predicted molar refractivity (Wildman–Crippen MR) is 112 cm³/mol. The van der Waals surface area contributed by atoms with Crippen LogP contribution in [0.4, 0.5) is 0 Å². The van der Waals surface area contributed by atoms with Gasteiger partial charge in [0.1, 0.15) is 0 Å². The minimum Gasteiger partial charge on any atom is -0.302 e. The average Bonchev–Trinajstić information content (AvgIpc) is 3.32. The van der Waals surface area contributed by atoms with Crippen molar-refractivity contribution in [1.82, 2.24) is 14.1 Å². The molecule has 2 aliphatic heterocycles. The van der Waals surface area contributed by atoms with Crippen LogP contribution >= 0.6 is 22.6 Å². The Morgan fingerprint density at radius 1 is 1.00 bits per heavy atom. The van der Waals surface area contributed by atoms with Crippen LogP contribution in [0, 0.1) is 16.7 Å². The maximum Gasteiger partial charge on any atom is 0.0226 e. The third kappa shape index (κ3) is 4.37. The van der Waals surface area contributed by atoms with Gasteiger partial charge in [0.2, 0.25) is 0 Å². The molecule has 2 heterocycles. The van der Waals surface area contributed by atoms with Crippen LogP contribution in [0.2, 0.25) is 0 Å². The van der Waals surface area contributed by atoms with Gasteiger partial charge in [-0.3, -0.25) is 4.90 Å². The van der Waals surface area contributed by atoms with E-state index in [2.05, 4.69) is 39.6 Å². The molecule has 0 N–H and O–H groups in total.